The Morgan fingerprint density at radius 1 is 1.14 bits per heavy atom. The summed E-state index contributed by atoms with van der Waals surface area (Å²) >= 11 is 0. The van der Waals surface area contributed by atoms with Crippen LogP contribution in [0.1, 0.15) is 33.6 Å². The number of benzene rings is 1. The van der Waals surface area contributed by atoms with Crippen LogP contribution < -0.4 is 9.47 Å². The third kappa shape index (κ3) is 3.29. The van der Waals surface area contributed by atoms with E-state index in [4.69, 9.17) is 14.2 Å². The molecule has 0 saturated carbocycles. The number of hydrogen-bond acceptors (Lipinski definition) is 4. The molecule has 0 atom stereocenters. The Bertz CT molecular complexity index is 519. The number of para-hydroxylation sites is 2. The predicted octanol–water partition coefficient (Wildman–Crippen LogP) is 3.43. The Kier molecular flexibility index (Phi) is 3.89. The van der Waals surface area contributed by atoms with E-state index in [0.29, 0.717) is 19.0 Å². The van der Waals surface area contributed by atoms with Crippen LogP contribution in [0.5, 0.6) is 11.5 Å². The zero-order chi connectivity index (χ0) is 15.7. The van der Waals surface area contributed by atoms with Crippen molar-refractivity contribution in [3.05, 3.63) is 24.3 Å². The van der Waals surface area contributed by atoms with E-state index >= 15 is 0 Å². The summed E-state index contributed by atoms with van der Waals surface area (Å²) in [4.78, 5) is 13.8. The molecule has 2 heterocycles. The van der Waals surface area contributed by atoms with Crippen molar-refractivity contribution >= 4 is 6.09 Å². The molecule has 0 N–H and O–H groups in total. The van der Waals surface area contributed by atoms with Crippen molar-refractivity contribution in [3.63, 3.8) is 0 Å². The number of amides is 1. The number of carbonyl (C=O) groups is 1. The summed E-state index contributed by atoms with van der Waals surface area (Å²) < 4.78 is 17.1. The SMILES string of the molecule is CC(C)(C)OC(=O)N1CCC(C2Oc3ccccc3O2)CC1. The van der Waals surface area contributed by atoms with Gasteiger partial charge in [-0.25, -0.2) is 4.79 Å². The van der Waals surface area contributed by atoms with E-state index < -0.39 is 5.60 Å². The molecule has 0 spiro atoms. The van der Waals surface area contributed by atoms with Crippen LogP contribution in [-0.2, 0) is 4.74 Å². The molecule has 5 heteroatoms. The molecule has 2 aliphatic rings. The zero-order valence-electron chi connectivity index (χ0n) is 13.4. The number of hydrogen-bond donors (Lipinski definition) is 0. The van der Waals surface area contributed by atoms with Crippen molar-refractivity contribution in [2.45, 2.75) is 45.5 Å². The van der Waals surface area contributed by atoms with E-state index in [1.165, 1.54) is 0 Å². The average Bonchev–Trinajstić information content (AvgIpc) is 2.89. The van der Waals surface area contributed by atoms with E-state index in [9.17, 15) is 4.79 Å². The molecule has 5 nitrogen and oxygen atoms in total. The maximum atomic E-state index is 12.1. The van der Waals surface area contributed by atoms with Crippen LogP contribution >= 0.6 is 0 Å². The first-order valence-corrected chi connectivity index (χ1v) is 7.83. The van der Waals surface area contributed by atoms with Gasteiger partial charge in [-0.05, 0) is 45.7 Å². The highest BCUT2D eigenvalue weighted by atomic mass is 16.7. The Hall–Kier alpha value is -1.91. The summed E-state index contributed by atoms with van der Waals surface area (Å²) in [5, 5.41) is 0. The number of likely N-dealkylation sites (tertiary alicyclic amines) is 1. The molecule has 0 bridgehead atoms. The Morgan fingerprint density at radius 2 is 1.68 bits per heavy atom. The van der Waals surface area contributed by atoms with Gasteiger partial charge in [0.15, 0.2) is 11.5 Å². The molecule has 1 aromatic rings. The molecule has 22 heavy (non-hydrogen) atoms. The van der Waals surface area contributed by atoms with Crippen molar-refractivity contribution in [1.82, 2.24) is 4.90 Å². The average molecular weight is 305 g/mol. The summed E-state index contributed by atoms with van der Waals surface area (Å²) in [7, 11) is 0. The fraction of sp³-hybridized carbons (Fsp3) is 0.588. The molecular weight excluding hydrogens is 282 g/mol. The van der Waals surface area contributed by atoms with Gasteiger partial charge in [-0.3, -0.25) is 0 Å². The fourth-order valence-corrected chi connectivity index (χ4v) is 2.79. The van der Waals surface area contributed by atoms with Crippen LogP contribution in [0.15, 0.2) is 24.3 Å². The lowest BCUT2D eigenvalue weighted by Crippen LogP contribution is -2.45. The number of fused-ring (bicyclic) bond motifs is 1. The number of carbonyl (C=O) groups excluding carboxylic acids is 1. The molecule has 0 aromatic heterocycles. The first-order valence-electron chi connectivity index (χ1n) is 7.83. The maximum Gasteiger partial charge on any atom is 0.410 e. The van der Waals surface area contributed by atoms with Crippen LogP contribution in [0.4, 0.5) is 4.79 Å². The topological polar surface area (TPSA) is 48.0 Å². The monoisotopic (exact) mass is 305 g/mol. The fourth-order valence-electron chi connectivity index (χ4n) is 2.79. The van der Waals surface area contributed by atoms with Gasteiger partial charge in [0.05, 0.1) is 0 Å². The third-order valence-electron chi connectivity index (χ3n) is 3.91. The van der Waals surface area contributed by atoms with Crippen LogP contribution in [0.25, 0.3) is 0 Å². The summed E-state index contributed by atoms with van der Waals surface area (Å²) in [6.45, 7) is 7.01. The van der Waals surface area contributed by atoms with Crippen molar-refractivity contribution in [2.24, 2.45) is 5.92 Å². The molecular formula is C17H23NO4. The number of nitrogens with zero attached hydrogens (tertiary/aromatic N) is 1. The van der Waals surface area contributed by atoms with Crippen molar-refractivity contribution in [3.8, 4) is 11.5 Å². The van der Waals surface area contributed by atoms with E-state index in [2.05, 4.69) is 0 Å². The summed E-state index contributed by atoms with van der Waals surface area (Å²) in [6.07, 6.45) is 1.25. The van der Waals surface area contributed by atoms with Gasteiger partial charge in [0.2, 0.25) is 6.29 Å². The second-order valence-electron chi connectivity index (χ2n) is 6.86. The second-order valence-corrected chi connectivity index (χ2v) is 6.86. The van der Waals surface area contributed by atoms with Gasteiger partial charge in [0, 0.05) is 19.0 Å². The Balaban J connectivity index is 1.52. The van der Waals surface area contributed by atoms with E-state index in [1.54, 1.807) is 4.90 Å². The Morgan fingerprint density at radius 3 is 2.18 bits per heavy atom. The zero-order valence-corrected chi connectivity index (χ0v) is 13.4. The molecule has 2 aliphatic heterocycles. The standard InChI is InChI=1S/C17H23NO4/c1-17(2,3)22-16(19)18-10-8-12(9-11-18)15-20-13-6-4-5-7-14(13)21-15/h4-7,12,15H,8-11H2,1-3H3. The van der Waals surface area contributed by atoms with Crippen molar-refractivity contribution < 1.29 is 19.0 Å². The maximum absolute atomic E-state index is 12.1. The van der Waals surface area contributed by atoms with E-state index in [-0.39, 0.29) is 12.4 Å². The quantitative estimate of drug-likeness (QED) is 0.797. The molecule has 0 unspecified atom stereocenters. The molecule has 0 radical (unpaired) electrons. The molecule has 3 rings (SSSR count). The minimum absolute atomic E-state index is 0.234. The van der Waals surface area contributed by atoms with Gasteiger partial charge >= 0.3 is 6.09 Å². The lowest BCUT2D eigenvalue weighted by Gasteiger charge is -2.34. The largest absolute Gasteiger partial charge is 0.451 e. The summed E-state index contributed by atoms with van der Waals surface area (Å²) in [6, 6.07) is 7.72. The van der Waals surface area contributed by atoms with Gasteiger partial charge < -0.3 is 19.1 Å². The molecule has 1 aromatic carbocycles. The van der Waals surface area contributed by atoms with Gasteiger partial charge in [-0.2, -0.15) is 0 Å². The van der Waals surface area contributed by atoms with Gasteiger partial charge in [-0.15, -0.1) is 0 Å². The smallest absolute Gasteiger partial charge is 0.410 e. The third-order valence-corrected chi connectivity index (χ3v) is 3.91. The minimum atomic E-state index is -0.451. The molecule has 1 saturated heterocycles. The van der Waals surface area contributed by atoms with Crippen LogP contribution in [0, 0.1) is 5.92 Å². The minimum Gasteiger partial charge on any atom is -0.451 e. The number of rotatable bonds is 1. The summed E-state index contributed by atoms with van der Waals surface area (Å²) in [5.41, 5.74) is -0.451. The van der Waals surface area contributed by atoms with Crippen LogP contribution in [-0.4, -0.2) is 36.0 Å². The van der Waals surface area contributed by atoms with Gasteiger partial charge in [-0.1, -0.05) is 12.1 Å². The first kappa shape index (κ1) is 15.0. The number of piperidine rings is 1. The molecule has 120 valence electrons. The first-order chi connectivity index (χ1) is 10.4. The normalized spacial score (nSPS) is 19.3. The Labute approximate surface area is 131 Å². The second kappa shape index (κ2) is 5.71. The number of ether oxygens (including phenoxy) is 3. The molecule has 0 aliphatic carbocycles. The van der Waals surface area contributed by atoms with Gasteiger partial charge in [0.25, 0.3) is 0 Å². The predicted molar refractivity (Wildman–Crippen MR) is 82.0 cm³/mol. The lowest BCUT2D eigenvalue weighted by atomic mass is 9.96. The van der Waals surface area contributed by atoms with Gasteiger partial charge in [0.1, 0.15) is 5.60 Å². The van der Waals surface area contributed by atoms with Crippen LogP contribution in [0.2, 0.25) is 0 Å². The lowest BCUT2D eigenvalue weighted by molar-refractivity contribution is -0.0336. The molecule has 1 fully saturated rings. The summed E-state index contributed by atoms with van der Waals surface area (Å²) in [5.74, 6) is 1.91. The van der Waals surface area contributed by atoms with Crippen LogP contribution in [0.3, 0.4) is 0 Å². The highest BCUT2D eigenvalue weighted by molar-refractivity contribution is 5.68. The van der Waals surface area contributed by atoms with E-state index in [0.717, 1.165) is 24.3 Å². The van der Waals surface area contributed by atoms with E-state index in [1.807, 2.05) is 45.0 Å². The van der Waals surface area contributed by atoms with Crippen molar-refractivity contribution in [2.75, 3.05) is 13.1 Å². The molecule has 1 amide bonds. The highest BCUT2D eigenvalue weighted by Gasteiger charge is 2.36. The highest BCUT2D eigenvalue weighted by Crippen LogP contribution is 2.38. The van der Waals surface area contributed by atoms with Crippen molar-refractivity contribution in [1.29, 1.82) is 0 Å².